The summed E-state index contributed by atoms with van der Waals surface area (Å²) < 4.78 is 7.42. The summed E-state index contributed by atoms with van der Waals surface area (Å²) in [5.74, 6) is 0.534. The fourth-order valence-electron chi connectivity index (χ4n) is 4.19. The van der Waals surface area contributed by atoms with E-state index in [1.54, 1.807) is 12.4 Å². The number of aromatic amines is 1. The third-order valence-electron chi connectivity index (χ3n) is 5.96. The molecule has 0 bridgehead atoms. The molecular formula is C25H28N6O2. The molecule has 5 rings (SSSR count). The number of unbranched alkanes of at least 4 members (excludes halogenated alkanes) is 1. The van der Waals surface area contributed by atoms with Gasteiger partial charge in [-0.1, -0.05) is 13.3 Å². The zero-order chi connectivity index (χ0) is 22.6. The highest BCUT2D eigenvalue weighted by Gasteiger charge is 2.15. The molecule has 0 unspecified atom stereocenters. The van der Waals surface area contributed by atoms with E-state index in [4.69, 9.17) is 9.72 Å². The second kappa shape index (κ2) is 9.46. The van der Waals surface area contributed by atoms with Crippen LogP contribution in [0.4, 0.5) is 17.2 Å². The van der Waals surface area contributed by atoms with E-state index in [2.05, 4.69) is 39.4 Å². The van der Waals surface area contributed by atoms with E-state index in [0.29, 0.717) is 11.2 Å². The van der Waals surface area contributed by atoms with Crippen LogP contribution in [0.1, 0.15) is 19.8 Å². The number of rotatable bonds is 7. The summed E-state index contributed by atoms with van der Waals surface area (Å²) in [6, 6.07) is 14.0. The van der Waals surface area contributed by atoms with Crippen LogP contribution in [0.25, 0.3) is 22.2 Å². The zero-order valence-electron chi connectivity index (χ0n) is 18.8. The van der Waals surface area contributed by atoms with Crippen LogP contribution in [0.2, 0.25) is 0 Å². The number of fused-ring (bicyclic) bond motifs is 1. The molecule has 0 amide bonds. The molecule has 1 aliphatic rings. The molecule has 0 atom stereocenters. The van der Waals surface area contributed by atoms with Crippen LogP contribution in [-0.2, 0) is 11.3 Å². The van der Waals surface area contributed by atoms with Gasteiger partial charge in [0.05, 0.1) is 30.0 Å². The van der Waals surface area contributed by atoms with Gasteiger partial charge in [0, 0.05) is 43.4 Å². The number of anilines is 3. The number of morpholine rings is 1. The molecule has 8 nitrogen and oxygen atoms in total. The molecule has 4 aromatic rings. The Morgan fingerprint density at radius 3 is 2.73 bits per heavy atom. The third-order valence-corrected chi connectivity index (χ3v) is 5.96. The van der Waals surface area contributed by atoms with E-state index in [-0.39, 0.29) is 5.56 Å². The van der Waals surface area contributed by atoms with Crippen LogP contribution in [0.3, 0.4) is 0 Å². The lowest BCUT2D eigenvalue weighted by Crippen LogP contribution is -2.36. The number of hydrogen-bond acceptors (Lipinski definition) is 6. The molecular weight excluding hydrogens is 416 g/mol. The maximum absolute atomic E-state index is 12.7. The molecule has 1 aliphatic heterocycles. The van der Waals surface area contributed by atoms with Gasteiger partial charge >= 0.3 is 0 Å². The number of ether oxygens (including phenoxy) is 1. The summed E-state index contributed by atoms with van der Waals surface area (Å²) in [6.07, 6.45) is 5.60. The third kappa shape index (κ3) is 4.47. The fraction of sp³-hybridized carbons (Fsp3) is 0.320. The van der Waals surface area contributed by atoms with Crippen molar-refractivity contribution < 1.29 is 4.74 Å². The predicted molar refractivity (Wildman–Crippen MR) is 131 cm³/mol. The van der Waals surface area contributed by atoms with Crippen LogP contribution in [0.15, 0.2) is 59.7 Å². The van der Waals surface area contributed by atoms with Gasteiger partial charge in [-0.05, 0) is 54.3 Å². The van der Waals surface area contributed by atoms with Gasteiger partial charge in [0.1, 0.15) is 5.82 Å². The van der Waals surface area contributed by atoms with Crippen LogP contribution in [0.5, 0.6) is 0 Å². The van der Waals surface area contributed by atoms with Gasteiger partial charge in [0.2, 0.25) is 0 Å². The number of pyridine rings is 2. The normalized spacial score (nSPS) is 14.0. The summed E-state index contributed by atoms with van der Waals surface area (Å²) in [7, 11) is 0. The number of hydrogen-bond donors (Lipinski definition) is 2. The first-order valence-corrected chi connectivity index (χ1v) is 11.5. The van der Waals surface area contributed by atoms with Crippen LogP contribution >= 0.6 is 0 Å². The number of benzene rings is 1. The number of nitrogens with one attached hydrogen (secondary N) is 2. The fourth-order valence-corrected chi connectivity index (χ4v) is 4.19. The number of nitrogens with zero attached hydrogens (tertiary/aromatic N) is 4. The van der Waals surface area contributed by atoms with Crippen molar-refractivity contribution in [2.75, 3.05) is 36.5 Å². The van der Waals surface area contributed by atoms with E-state index >= 15 is 0 Å². The topological polar surface area (TPSA) is 88.1 Å². The summed E-state index contributed by atoms with van der Waals surface area (Å²) >= 11 is 0. The minimum Gasteiger partial charge on any atom is -0.378 e. The summed E-state index contributed by atoms with van der Waals surface area (Å²) in [6.45, 7) is 6.28. The molecule has 0 aliphatic carbocycles. The van der Waals surface area contributed by atoms with Crippen LogP contribution in [0, 0.1) is 0 Å². The van der Waals surface area contributed by atoms with Gasteiger partial charge in [-0.2, -0.15) is 5.10 Å². The first kappa shape index (κ1) is 21.2. The van der Waals surface area contributed by atoms with Gasteiger partial charge < -0.3 is 19.9 Å². The second-order valence-electron chi connectivity index (χ2n) is 8.19. The quantitative estimate of drug-likeness (QED) is 0.445. The Morgan fingerprint density at radius 1 is 1.12 bits per heavy atom. The number of aryl methyl sites for hydroxylation is 1. The van der Waals surface area contributed by atoms with Crippen molar-refractivity contribution in [1.82, 2.24) is 19.7 Å². The summed E-state index contributed by atoms with van der Waals surface area (Å²) in [5.41, 5.74) is 3.60. The van der Waals surface area contributed by atoms with E-state index < -0.39 is 0 Å². The molecule has 1 saturated heterocycles. The van der Waals surface area contributed by atoms with E-state index in [9.17, 15) is 4.79 Å². The summed E-state index contributed by atoms with van der Waals surface area (Å²) in [5, 5.41) is 9.22. The molecule has 33 heavy (non-hydrogen) atoms. The first-order valence-electron chi connectivity index (χ1n) is 11.5. The molecule has 4 heterocycles. The monoisotopic (exact) mass is 444 g/mol. The van der Waals surface area contributed by atoms with Crippen molar-refractivity contribution in [3.05, 3.63) is 65.2 Å². The molecule has 1 aromatic carbocycles. The molecule has 0 radical (unpaired) electrons. The molecule has 3 aromatic heterocycles. The highest BCUT2D eigenvalue weighted by atomic mass is 16.5. The number of H-pyrrole nitrogens is 1. The first-order chi connectivity index (χ1) is 16.2. The minimum absolute atomic E-state index is 0.168. The maximum Gasteiger partial charge on any atom is 0.259 e. The van der Waals surface area contributed by atoms with Gasteiger partial charge in [0.15, 0.2) is 0 Å². The van der Waals surface area contributed by atoms with Gasteiger partial charge in [-0.25, -0.2) is 4.98 Å². The smallest absolute Gasteiger partial charge is 0.259 e. The predicted octanol–water partition coefficient (Wildman–Crippen LogP) is 4.17. The van der Waals surface area contributed by atoms with E-state index in [1.165, 1.54) is 0 Å². The molecule has 170 valence electrons. The van der Waals surface area contributed by atoms with Crippen molar-refractivity contribution in [2.24, 2.45) is 0 Å². The Hall–Kier alpha value is -3.65. The SMILES string of the molecule is CCCCn1nccc1-c1cc2cc[nH]c(=O)c2c(Nc2ccc(N3CCOCC3)cc2)n1. The van der Waals surface area contributed by atoms with Crippen LogP contribution < -0.4 is 15.8 Å². The minimum atomic E-state index is -0.168. The Balaban J connectivity index is 1.50. The lowest BCUT2D eigenvalue weighted by atomic mass is 10.1. The average Bonchev–Trinajstić information content (AvgIpc) is 3.32. The van der Waals surface area contributed by atoms with Crippen molar-refractivity contribution in [3.63, 3.8) is 0 Å². The maximum atomic E-state index is 12.7. The Morgan fingerprint density at radius 2 is 1.94 bits per heavy atom. The average molecular weight is 445 g/mol. The lowest BCUT2D eigenvalue weighted by molar-refractivity contribution is 0.122. The highest BCUT2D eigenvalue weighted by Crippen LogP contribution is 2.29. The van der Waals surface area contributed by atoms with Crippen molar-refractivity contribution in [1.29, 1.82) is 0 Å². The van der Waals surface area contributed by atoms with Gasteiger partial charge in [-0.3, -0.25) is 9.48 Å². The van der Waals surface area contributed by atoms with Crippen LogP contribution in [-0.4, -0.2) is 46.1 Å². The van der Waals surface area contributed by atoms with Crippen molar-refractivity contribution in [2.45, 2.75) is 26.3 Å². The molecule has 0 saturated carbocycles. The molecule has 0 spiro atoms. The van der Waals surface area contributed by atoms with Gasteiger partial charge in [-0.15, -0.1) is 0 Å². The standard InChI is InChI=1S/C25H28N6O2/c1-2-3-12-31-22(9-11-27-31)21-17-18-8-10-26-25(32)23(18)24(29-21)28-19-4-6-20(7-5-19)30-13-15-33-16-14-30/h4-11,17H,2-3,12-16H2,1H3,(H,26,32)(H,28,29). The zero-order valence-corrected chi connectivity index (χ0v) is 18.8. The lowest BCUT2D eigenvalue weighted by Gasteiger charge is -2.28. The largest absolute Gasteiger partial charge is 0.378 e. The van der Waals surface area contributed by atoms with Gasteiger partial charge in [0.25, 0.3) is 5.56 Å². The number of aromatic nitrogens is 4. The van der Waals surface area contributed by atoms with Crippen molar-refractivity contribution >= 4 is 28.0 Å². The molecule has 1 fully saturated rings. The Bertz CT molecular complexity index is 1290. The molecule has 2 N–H and O–H groups in total. The Kier molecular flexibility index (Phi) is 6.08. The summed E-state index contributed by atoms with van der Waals surface area (Å²) in [4.78, 5) is 22.6. The Labute approximate surface area is 192 Å². The van der Waals surface area contributed by atoms with Crippen molar-refractivity contribution in [3.8, 4) is 11.4 Å². The van der Waals surface area contributed by atoms with E-state index in [1.807, 2.05) is 35.0 Å². The molecule has 8 heteroatoms. The second-order valence-corrected chi connectivity index (χ2v) is 8.19. The van der Waals surface area contributed by atoms with E-state index in [0.717, 1.165) is 73.8 Å². The highest BCUT2D eigenvalue weighted by molar-refractivity contribution is 5.95.